The first-order valence-electron chi connectivity index (χ1n) is 8.89. The number of hydrogen-bond donors (Lipinski definition) is 1. The van der Waals surface area contributed by atoms with Crippen molar-refractivity contribution in [1.29, 1.82) is 0 Å². The van der Waals surface area contributed by atoms with Crippen LogP contribution in [0.25, 0.3) is 0 Å². The molecule has 4 rings (SSSR count). The van der Waals surface area contributed by atoms with Gasteiger partial charge in [-0.2, -0.15) is 0 Å². The van der Waals surface area contributed by atoms with Crippen LogP contribution < -0.4 is 0 Å². The van der Waals surface area contributed by atoms with Crippen LogP contribution in [0.5, 0.6) is 5.75 Å². The van der Waals surface area contributed by atoms with E-state index in [0.29, 0.717) is 41.8 Å². The van der Waals surface area contributed by atoms with Crippen LogP contribution >= 0.6 is 0 Å². The summed E-state index contributed by atoms with van der Waals surface area (Å²) < 4.78 is 5.47. The molecular formula is C20H26O3. The maximum atomic E-state index is 12.4. The van der Waals surface area contributed by atoms with Crippen molar-refractivity contribution >= 4 is 5.78 Å². The van der Waals surface area contributed by atoms with Gasteiger partial charge in [0.1, 0.15) is 11.5 Å². The highest BCUT2D eigenvalue weighted by Crippen LogP contribution is 2.61. The average molecular weight is 314 g/mol. The molecule has 3 aliphatic rings. The van der Waals surface area contributed by atoms with Crippen molar-refractivity contribution in [2.75, 3.05) is 13.7 Å². The lowest BCUT2D eigenvalue weighted by Crippen LogP contribution is -2.43. The Morgan fingerprint density at radius 2 is 2.13 bits per heavy atom. The van der Waals surface area contributed by atoms with Gasteiger partial charge in [-0.05, 0) is 66.7 Å². The summed E-state index contributed by atoms with van der Waals surface area (Å²) in [6.07, 6.45) is 5.03. The van der Waals surface area contributed by atoms with Gasteiger partial charge < -0.3 is 9.84 Å². The number of fused-ring (bicyclic) bond motifs is 5. The molecular weight excluding hydrogens is 288 g/mol. The number of phenolic OH excluding ortho intramolecular Hbond substituents is 1. The molecule has 3 nitrogen and oxygen atoms in total. The Morgan fingerprint density at radius 3 is 2.91 bits per heavy atom. The molecule has 1 aromatic carbocycles. The zero-order chi connectivity index (χ0) is 16.2. The highest BCUT2D eigenvalue weighted by molar-refractivity contribution is 5.87. The van der Waals surface area contributed by atoms with Crippen molar-refractivity contribution in [3.8, 4) is 5.75 Å². The SMILES string of the molecule is COC[C@H]1CC2C(CC[C@]3(C)C(=O)CCC23)c2ccc(O)cc21. The molecule has 0 spiro atoms. The lowest BCUT2D eigenvalue weighted by atomic mass is 9.54. The Hall–Kier alpha value is -1.35. The van der Waals surface area contributed by atoms with Crippen molar-refractivity contribution in [2.45, 2.75) is 50.9 Å². The van der Waals surface area contributed by atoms with Crippen molar-refractivity contribution in [3.63, 3.8) is 0 Å². The third-order valence-electron chi connectivity index (χ3n) is 6.98. The zero-order valence-electron chi connectivity index (χ0n) is 14.0. The normalized spacial score (nSPS) is 38.8. The monoisotopic (exact) mass is 314 g/mol. The zero-order valence-corrected chi connectivity index (χ0v) is 14.0. The number of Topliss-reactive ketones (excluding diaryl/α,β-unsaturated/α-hetero) is 1. The van der Waals surface area contributed by atoms with Gasteiger partial charge in [-0.1, -0.05) is 13.0 Å². The van der Waals surface area contributed by atoms with Gasteiger partial charge in [0.15, 0.2) is 0 Å². The number of aromatic hydroxyl groups is 1. The molecule has 3 unspecified atom stereocenters. The minimum Gasteiger partial charge on any atom is -0.508 e. The molecule has 0 saturated heterocycles. The van der Waals surface area contributed by atoms with Crippen LogP contribution in [-0.4, -0.2) is 24.6 Å². The quantitative estimate of drug-likeness (QED) is 0.897. The third kappa shape index (κ3) is 2.16. The van der Waals surface area contributed by atoms with E-state index < -0.39 is 0 Å². The number of carbonyl (C=O) groups excluding carboxylic acids is 1. The summed E-state index contributed by atoms with van der Waals surface area (Å²) in [5.41, 5.74) is 2.57. The van der Waals surface area contributed by atoms with Gasteiger partial charge in [0, 0.05) is 24.9 Å². The summed E-state index contributed by atoms with van der Waals surface area (Å²) in [4.78, 5) is 12.4. The van der Waals surface area contributed by atoms with E-state index in [2.05, 4.69) is 13.0 Å². The second-order valence-corrected chi connectivity index (χ2v) is 8.00. The smallest absolute Gasteiger partial charge is 0.139 e. The van der Waals surface area contributed by atoms with Crippen LogP contribution in [0.15, 0.2) is 18.2 Å². The topological polar surface area (TPSA) is 46.5 Å². The van der Waals surface area contributed by atoms with Gasteiger partial charge in [-0.3, -0.25) is 4.79 Å². The molecule has 0 radical (unpaired) electrons. The lowest BCUT2D eigenvalue weighted by Gasteiger charge is -2.50. The Morgan fingerprint density at radius 1 is 1.30 bits per heavy atom. The van der Waals surface area contributed by atoms with Crippen LogP contribution in [0.3, 0.4) is 0 Å². The number of benzene rings is 1. The summed E-state index contributed by atoms with van der Waals surface area (Å²) in [6, 6.07) is 5.87. The Balaban J connectivity index is 1.76. The van der Waals surface area contributed by atoms with Crippen molar-refractivity contribution in [2.24, 2.45) is 17.3 Å². The minimum atomic E-state index is -0.0901. The molecule has 5 atom stereocenters. The summed E-state index contributed by atoms with van der Waals surface area (Å²) in [5, 5.41) is 9.91. The van der Waals surface area contributed by atoms with E-state index in [-0.39, 0.29) is 5.41 Å². The molecule has 3 heteroatoms. The lowest BCUT2D eigenvalue weighted by molar-refractivity contribution is -0.129. The van der Waals surface area contributed by atoms with E-state index >= 15 is 0 Å². The van der Waals surface area contributed by atoms with E-state index in [1.54, 1.807) is 7.11 Å². The fraction of sp³-hybridized carbons (Fsp3) is 0.650. The first kappa shape index (κ1) is 15.2. The number of methoxy groups -OCH3 is 1. The molecule has 0 bridgehead atoms. The summed E-state index contributed by atoms with van der Waals surface area (Å²) in [6.45, 7) is 2.90. The predicted molar refractivity (Wildman–Crippen MR) is 88.6 cm³/mol. The molecule has 124 valence electrons. The van der Waals surface area contributed by atoms with Crippen molar-refractivity contribution in [1.82, 2.24) is 0 Å². The first-order valence-corrected chi connectivity index (χ1v) is 8.89. The van der Waals surface area contributed by atoms with Crippen LogP contribution in [0.2, 0.25) is 0 Å². The van der Waals surface area contributed by atoms with Gasteiger partial charge in [0.2, 0.25) is 0 Å². The fourth-order valence-corrected chi connectivity index (χ4v) is 5.84. The third-order valence-corrected chi connectivity index (χ3v) is 6.98. The number of ether oxygens (including phenoxy) is 1. The molecule has 0 aliphatic heterocycles. The number of phenols is 1. The Kier molecular flexibility index (Phi) is 3.53. The summed E-state index contributed by atoms with van der Waals surface area (Å²) >= 11 is 0. The van der Waals surface area contributed by atoms with Gasteiger partial charge in [-0.25, -0.2) is 0 Å². The summed E-state index contributed by atoms with van der Waals surface area (Å²) in [7, 11) is 1.75. The summed E-state index contributed by atoms with van der Waals surface area (Å²) in [5.74, 6) is 2.82. The molecule has 2 fully saturated rings. The molecule has 0 amide bonds. The Labute approximate surface area is 138 Å². The van der Waals surface area contributed by atoms with Crippen LogP contribution in [0.4, 0.5) is 0 Å². The van der Waals surface area contributed by atoms with Crippen LogP contribution in [-0.2, 0) is 9.53 Å². The van der Waals surface area contributed by atoms with Crippen LogP contribution in [0.1, 0.15) is 62.0 Å². The number of ketones is 1. The van der Waals surface area contributed by atoms with E-state index in [0.717, 1.165) is 32.1 Å². The molecule has 1 N–H and O–H groups in total. The standard InChI is InChI=1S/C20H26O3/c1-20-8-7-15-14-4-3-13(21)10-16(14)12(11-23-2)9-17(15)18(20)5-6-19(20)22/h3-4,10,12,15,17-18,21H,5-9,11H2,1-2H3/t12-,15?,17?,18?,20+/m1/s1. The number of hydrogen-bond acceptors (Lipinski definition) is 3. The Bertz CT molecular complexity index is 638. The van der Waals surface area contributed by atoms with Gasteiger partial charge >= 0.3 is 0 Å². The largest absolute Gasteiger partial charge is 0.508 e. The van der Waals surface area contributed by atoms with E-state index in [1.807, 2.05) is 12.1 Å². The fourth-order valence-electron chi connectivity index (χ4n) is 5.84. The molecule has 1 aromatic rings. The van der Waals surface area contributed by atoms with Crippen molar-refractivity contribution in [3.05, 3.63) is 29.3 Å². The molecule has 0 aromatic heterocycles. The second-order valence-electron chi connectivity index (χ2n) is 8.00. The van der Waals surface area contributed by atoms with Gasteiger partial charge in [-0.15, -0.1) is 0 Å². The predicted octanol–water partition coefficient (Wildman–Crippen LogP) is 4.00. The maximum Gasteiger partial charge on any atom is 0.139 e. The van der Waals surface area contributed by atoms with E-state index in [1.165, 1.54) is 11.1 Å². The molecule has 2 saturated carbocycles. The van der Waals surface area contributed by atoms with E-state index in [4.69, 9.17) is 4.74 Å². The maximum absolute atomic E-state index is 12.4. The van der Waals surface area contributed by atoms with Crippen molar-refractivity contribution < 1.29 is 14.6 Å². The molecule has 23 heavy (non-hydrogen) atoms. The number of rotatable bonds is 2. The molecule has 3 aliphatic carbocycles. The average Bonchev–Trinajstić information content (AvgIpc) is 2.83. The number of carbonyl (C=O) groups is 1. The van der Waals surface area contributed by atoms with Crippen LogP contribution in [0, 0.1) is 17.3 Å². The highest BCUT2D eigenvalue weighted by Gasteiger charge is 2.55. The minimum absolute atomic E-state index is 0.0901. The van der Waals surface area contributed by atoms with E-state index in [9.17, 15) is 9.90 Å². The van der Waals surface area contributed by atoms with Gasteiger partial charge in [0.25, 0.3) is 0 Å². The molecule has 0 heterocycles. The highest BCUT2D eigenvalue weighted by atomic mass is 16.5. The first-order chi connectivity index (χ1) is 11.0. The van der Waals surface area contributed by atoms with Gasteiger partial charge in [0.05, 0.1) is 6.61 Å². The second kappa shape index (κ2) is 5.34.